The molecule has 1 aromatic carbocycles. The summed E-state index contributed by atoms with van der Waals surface area (Å²) in [5.41, 5.74) is 1.47. The number of carbonyl (C=O) groups is 2. The topological polar surface area (TPSA) is 61.9 Å². The van der Waals surface area contributed by atoms with E-state index in [1.807, 2.05) is 38.4 Å². The summed E-state index contributed by atoms with van der Waals surface area (Å²) in [4.78, 5) is 28.3. The molecule has 1 N–H and O–H groups in total. The molecule has 2 atom stereocenters. The molecule has 1 heterocycles. The van der Waals surface area contributed by atoms with Gasteiger partial charge >= 0.3 is 6.09 Å². The average molecular weight is 347 g/mol. The van der Waals surface area contributed by atoms with Crippen molar-refractivity contribution in [2.75, 3.05) is 25.5 Å². The summed E-state index contributed by atoms with van der Waals surface area (Å²) in [5, 5.41) is 2.67. The quantitative estimate of drug-likeness (QED) is 0.910. The van der Waals surface area contributed by atoms with Crippen LogP contribution in [-0.4, -0.2) is 49.2 Å². The molecule has 1 aliphatic heterocycles. The number of benzene rings is 1. The Hall–Kier alpha value is -2.08. The number of hydrogen-bond donors (Lipinski definition) is 1. The van der Waals surface area contributed by atoms with E-state index in [-0.39, 0.29) is 5.91 Å². The maximum absolute atomic E-state index is 12.6. The Balaban J connectivity index is 2.00. The second-order valence-electron chi connectivity index (χ2n) is 7.71. The largest absolute Gasteiger partial charge is 0.444 e. The van der Waals surface area contributed by atoms with Crippen molar-refractivity contribution in [3.8, 4) is 0 Å². The lowest BCUT2D eigenvalue weighted by atomic mass is 10.1. The molecular formula is C19H29N3O3. The average Bonchev–Trinajstić information content (AvgIpc) is 2.85. The molecule has 0 aliphatic carbocycles. The minimum atomic E-state index is -0.579. The van der Waals surface area contributed by atoms with Crippen LogP contribution in [0.3, 0.4) is 0 Å². The predicted octanol–water partition coefficient (Wildman–Crippen LogP) is 2.94. The van der Waals surface area contributed by atoms with E-state index in [2.05, 4.69) is 17.1 Å². The minimum Gasteiger partial charge on any atom is -0.444 e. The van der Waals surface area contributed by atoms with E-state index < -0.39 is 17.7 Å². The van der Waals surface area contributed by atoms with E-state index >= 15 is 0 Å². The molecule has 2 amide bonds. The standard InChI is InChI=1S/C19H29N3O3/c1-13(21(5)6)14-7-9-15(10-8-14)22-12-11-16(17(22)23)20-18(24)25-19(2,3)4/h7-10,13,16H,11-12H2,1-6H3,(H,20,24)/t13?,16-/m0/s1. The zero-order valence-electron chi connectivity index (χ0n) is 16.0. The Bertz CT molecular complexity index is 620. The SMILES string of the molecule is CC(c1ccc(N2CC[C@H](NC(=O)OC(C)(C)C)C2=O)cc1)N(C)C. The van der Waals surface area contributed by atoms with Crippen molar-refractivity contribution >= 4 is 17.7 Å². The third-order valence-corrected chi connectivity index (χ3v) is 4.36. The Kier molecular flexibility index (Phi) is 5.72. The zero-order valence-corrected chi connectivity index (χ0v) is 16.0. The van der Waals surface area contributed by atoms with Crippen molar-refractivity contribution in [3.63, 3.8) is 0 Å². The first kappa shape index (κ1) is 19.2. The van der Waals surface area contributed by atoms with Crippen LogP contribution in [0.25, 0.3) is 0 Å². The third kappa shape index (κ3) is 4.95. The van der Waals surface area contributed by atoms with Gasteiger partial charge in [-0.15, -0.1) is 0 Å². The lowest BCUT2D eigenvalue weighted by molar-refractivity contribution is -0.118. The molecule has 1 unspecified atom stereocenters. The number of carbonyl (C=O) groups excluding carboxylic acids is 2. The third-order valence-electron chi connectivity index (χ3n) is 4.36. The van der Waals surface area contributed by atoms with Gasteiger partial charge in [-0.3, -0.25) is 4.79 Å². The molecule has 1 fully saturated rings. The van der Waals surface area contributed by atoms with Crippen molar-refractivity contribution < 1.29 is 14.3 Å². The minimum absolute atomic E-state index is 0.0979. The first-order chi connectivity index (χ1) is 11.6. The van der Waals surface area contributed by atoms with Gasteiger partial charge in [-0.25, -0.2) is 4.79 Å². The number of ether oxygens (including phenoxy) is 1. The van der Waals surface area contributed by atoms with Gasteiger partial charge in [0.05, 0.1) is 0 Å². The predicted molar refractivity (Wildman–Crippen MR) is 98.7 cm³/mol. The highest BCUT2D eigenvalue weighted by Crippen LogP contribution is 2.25. The van der Waals surface area contributed by atoms with Crippen LogP contribution in [-0.2, 0) is 9.53 Å². The molecular weight excluding hydrogens is 318 g/mol. The van der Waals surface area contributed by atoms with Crippen LogP contribution >= 0.6 is 0 Å². The maximum atomic E-state index is 12.6. The lowest BCUT2D eigenvalue weighted by Crippen LogP contribution is -2.43. The van der Waals surface area contributed by atoms with E-state index in [1.165, 1.54) is 5.56 Å². The van der Waals surface area contributed by atoms with E-state index in [9.17, 15) is 9.59 Å². The normalized spacial score (nSPS) is 19.2. The van der Waals surface area contributed by atoms with Gasteiger partial charge in [0.15, 0.2) is 0 Å². The summed E-state index contributed by atoms with van der Waals surface area (Å²) in [6.45, 7) is 8.11. The van der Waals surface area contributed by atoms with Crippen LogP contribution in [0, 0.1) is 0 Å². The van der Waals surface area contributed by atoms with Crippen molar-refractivity contribution in [1.29, 1.82) is 0 Å². The molecule has 0 spiro atoms. The van der Waals surface area contributed by atoms with Gasteiger partial charge in [0, 0.05) is 18.3 Å². The van der Waals surface area contributed by atoms with Crippen molar-refractivity contribution in [2.24, 2.45) is 0 Å². The summed E-state index contributed by atoms with van der Waals surface area (Å²) in [6, 6.07) is 7.79. The Labute approximate surface area is 150 Å². The molecule has 1 aliphatic rings. The van der Waals surface area contributed by atoms with E-state index in [4.69, 9.17) is 4.74 Å². The van der Waals surface area contributed by atoms with Crippen LogP contribution in [0.5, 0.6) is 0 Å². The number of rotatable bonds is 4. The number of amides is 2. The fraction of sp³-hybridized carbons (Fsp3) is 0.579. The Morgan fingerprint density at radius 2 is 1.88 bits per heavy atom. The molecule has 1 aromatic rings. The van der Waals surface area contributed by atoms with Crippen LogP contribution in [0.15, 0.2) is 24.3 Å². The van der Waals surface area contributed by atoms with Crippen molar-refractivity contribution in [3.05, 3.63) is 29.8 Å². The van der Waals surface area contributed by atoms with E-state index in [1.54, 1.807) is 25.7 Å². The highest BCUT2D eigenvalue weighted by Gasteiger charge is 2.34. The van der Waals surface area contributed by atoms with Gasteiger partial charge in [0.25, 0.3) is 0 Å². The highest BCUT2D eigenvalue weighted by molar-refractivity contribution is 6.00. The van der Waals surface area contributed by atoms with Gasteiger partial charge in [0.2, 0.25) is 5.91 Å². The maximum Gasteiger partial charge on any atom is 0.408 e. The summed E-state index contributed by atoms with van der Waals surface area (Å²) in [5.74, 6) is -0.0979. The number of anilines is 1. The molecule has 138 valence electrons. The highest BCUT2D eigenvalue weighted by atomic mass is 16.6. The molecule has 6 nitrogen and oxygen atoms in total. The van der Waals surface area contributed by atoms with Crippen LogP contribution in [0.1, 0.15) is 45.7 Å². The second-order valence-corrected chi connectivity index (χ2v) is 7.71. The van der Waals surface area contributed by atoms with Gasteiger partial charge in [0.1, 0.15) is 11.6 Å². The molecule has 1 saturated heterocycles. The van der Waals surface area contributed by atoms with Crippen molar-refractivity contribution in [2.45, 2.75) is 51.8 Å². The molecule has 25 heavy (non-hydrogen) atoms. The number of nitrogens with zero attached hydrogens (tertiary/aromatic N) is 2. The van der Waals surface area contributed by atoms with Gasteiger partial charge in [-0.2, -0.15) is 0 Å². The fourth-order valence-corrected chi connectivity index (χ4v) is 2.75. The number of alkyl carbamates (subject to hydrolysis) is 1. The summed E-state index contributed by atoms with van der Waals surface area (Å²) in [7, 11) is 4.07. The van der Waals surface area contributed by atoms with Gasteiger partial charge in [-0.1, -0.05) is 12.1 Å². The zero-order chi connectivity index (χ0) is 18.8. The summed E-state index contributed by atoms with van der Waals surface area (Å²) < 4.78 is 5.23. The summed E-state index contributed by atoms with van der Waals surface area (Å²) >= 11 is 0. The second kappa shape index (κ2) is 7.44. The monoisotopic (exact) mass is 347 g/mol. The van der Waals surface area contributed by atoms with E-state index in [0.717, 1.165) is 5.69 Å². The van der Waals surface area contributed by atoms with Crippen molar-refractivity contribution in [1.82, 2.24) is 10.2 Å². The molecule has 6 heteroatoms. The van der Waals surface area contributed by atoms with E-state index in [0.29, 0.717) is 19.0 Å². The molecule has 0 saturated carbocycles. The first-order valence-electron chi connectivity index (χ1n) is 8.66. The van der Waals surface area contributed by atoms with Crippen LogP contribution in [0.2, 0.25) is 0 Å². The van der Waals surface area contributed by atoms with Gasteiger partial charge < -0.3 is 19.9 Å². The number of hydrogen-bond acceptors (Lipinski definition) is 4. The Morgan fingerprint density at radius 1 is 1.28 bits per heavy atom. The fourth-order valence-electron chi connectivity index (χ4n) is 2.75. The molecule has 0 aromatic heterocycles. The van der Waals surface area contributed by atoms with Crippen LogP contribution < -0.4 is 10.2 Å². The molecule has 2 rings (SSSR count). The number of nitrogens with one attached hydrogen (secondary N) is 1. The first-order valence-corrected chi connectivity index (χ1v) is 8.66. The Morgan fingerprint density at radius 3 is 2.40 bits per heavy atom. The molecule has 0 bridgehead atoms. The van der Waals surface area contributed by atoms with Gasteiger partial charge in [-0.05, 0) is 65.9 Å². The van der Waals surface area contributed by atoms with Crippen LogP contribution in [0.4, 0.5) is 10.5 Å². The summed E-state index contributed by atoms with van der Waals surface area (Å²) in [6.07, 6.45) is 0.0244. The smallest absolute Gasteiger partial charge is 0.408 e. The lowest BCUT2D eigenvalue weighted by Gasteiger charge is -2.23. The molecule has 0 radical (unpaired) electrons.